The average molecular weight is 864 g/mol. The number of anilines is 1. The summed E-state index contributed by atoms with van der Waals surface area (Å²) in [6, 6.07) is 16.3. The minimum atomic E-state index is -3.28. The Hall–Kier alpha value is -2.11. The van der Waals surface area contributed by atoms with Gasteiger partial charge in [-0.3, -0.25) is 0 Å². The van der Waals surface area contributed by atoms with Crippen LogP contribution in [-0.2, 0) is 9.84 Å². The fourth-order valence-electron chi connectivity index (χ4n) is 8.72. The molecule has 0 radical (unpaired) electrons. The van der Waals surface area contributed by atoms with E-state index in [1.807, 2.05) is 12.1 Å². The SMILES string of the molecule is CCCCCCCCCCCCCCCCCCN(CCCCCCCCCCCCCCCCCC)c1ccc(C=Cc2ccc(S(=O)(=O)CCCCCCO)cc2)cc1. The Balaban J connectivity index is 1.75. The Morgan fingerprint density at radius 1 is 0.393 bits per heavy atom. The molecule has 0 spiro atoms. The zero-order valence-corrected chi connectivity index (χ0v) is 41.0. The first-order valence-corrected chi connectivity index (χ1v) is 28.1. The van der Waals surface area contributed by atoms with E-state index < -0.39 is 9.84 Å². The number of unbranched alkanes of at least 4 members (excludes halogenated alkanes) is 33. The van der Waals surface area contributed by atoms with E-state index in [4.69, 9.17) is 5.11 Å². The third kappa shape index (κ3) is 30.6. The number of aliphatic hydroxyl groups is 1. The Morgan fingerprint density at radius 2 is 0.689 bits per heavy atom. The smallest absolute Gasteiger partial charge is 0.178 e. The van der Waals surface area contributed by atoms with Crippen molar-refractivity contribution in [3.8, 4) is 0 Å². The average Bonchev–Trinajstić information content (AvgIpc) is 3.27. The van der Waals surface area contributed by atoms with Gasteiger partial charge in [-0.2, -0.15) is 0 Å². The van der Waals surface area contributed by atoms with E-state index in [1.165, 1.54) is 211 Å². The molecule has 0 atom stereocenters. The zero-order valence-electron chi connectivity index (χ0n) is 40.2. The van der Waals surface area contributed by atoms with Crippen LogP contribution in [0.5, 0.6) is 0 Å². The summed E-state index contributed by atoms with van der Waals surface area (Å²) in [5.74, 6) is 0.163. The number of hydrogen-bond acceptors (Lipinski definition) is 4. The molecule has 0 unspecified atom stereocenters. The second-order valence-electron chi connectivity index (χ2n) is 18.5. The van der Waals surface area contributed by atoms with Crippen molar-refractivity contribution < 1.29 is 13.5 Å². The largest absolute Gasteiger partial charge is 0.396 e. The molecule has 1 N–H and O–H groups in total. The number of benzene rings is 2. The molecule has 2 aromatic carbocycles. The lowest BCUT2D eigenvalue weighted by Crippen LogP contribution is -2.25. The Bertz CT molecular complexity index is 1330. The molecule has 0 aliphatic carbocycles. The van der Waals surface area contributed by atoms with Crippen molar-refractivity contribution >= 4 is 27.7 Å². The molecule has 2 aromatic rings. The molecule has 0 bridgehead atoms. The van der Waals surface area contributed by atoms with Gasteiger partial charge < -0.3 is 10.0 Å². The maximum atomic E-state index is 12.8. The maximum Gasteiger partial charge on any atom is 0.178 e. The van der Waals surface area contributed by atoms with Crippen LogP contribution >= 0.6 is 0 Å². The molecule has 4 nitrogen and oxygen atoms in total. The summed E-state index contributed by atoms with van der Waals surface area (Å²) in [6.45, 7) is 7.06. The summed E-state index contributed by atoms with van der Waals surface area (Å²) < 4.78 is 25.6. The van der Waals surface area contributed by atoms with Crippen molar-refractivity contribution in [1.29, 1.82) is 0 Å². The van der Waals surface area contributed by atoms with Gasteiger partial charge in [-0.1, -0.05) is 256 Å². The molecular weight excluding hydrogens is 767 g/mol. The number of sulfone groups is 1. The van der Waals surface area contributed by atoms with Crippen LogP contribution < -0.4 is 4.90 Å². The van der Waals surface area contributed by atoms with Gasteiger partial charge in [0.25, 0.3) is 0 Å². The Labute approximate surface area is 379 Å². The van der Waals surface area contributed by atoms with Gasteiger partial charge in [-0.05, 0) is 61.1 Å². The van der Waals surface area contributed by atoms with Gasteiger partial charge in [0.05, 0.1) is 10.6 Å². The minimum absolute atomic E-state index is 0.163. The first kappa shape index (κ1) is 55.0. The van der Waals surface area contributed by atoms with Crippen molar-refractivity contribution in [2.24, 2.45) is 0 Å². The normalized spacial score (nSPS) is 11.9. The molecule has 0 aromatic heterocycles. The first-order valence-electron chi connectivity index (χ1n) is 26.5. The minimum Gasteiger partial charge on any atom is -0.396 e. The van der Waals surface area contributed by atoms with Gasteiger partial charge in [0.2, 0.25) is 0 Å². The highest BCUT2D eigenvalue weighted by molar-refractivity contribution is 7.91. The lowest BCUT2D eigenvalue weighted by atomic mass is 10.0. The predicted octanol–water partition coefficient (Wildman–Crippen LogP) is 17.5. The highest BCUT2D eigenvalue weighted by Gasteiger charge is 2.13. The van der Waals surface area contributed by atoms with Crippen LogP contribution in [0.15, 0.2) is 53.4 Å². The molecular formula is C56H97NO3S. The van der Waals surface area contributed by atoms with Crippen molar-refractivity contribution in [3.05, 3.63) is 59.7 Å². The van der Waals surface area contributed by atoms with Crippen LogP contribution in [0.4, 0.5) is 5.69 Å². The van der Waals surface area contributed by atoms with Crippen LogP contribution in [-0.4, -0.2) is 39.0 Å². The highest BCUT2D eigenvalue weighted by Crippen LogP contribution is 2.22. The number of nitrogens with zero attached hydrogens (tertiary/aromatic N) is 1. The number of hydrogen-bond donors (Lipinski definition) is 1. The number of aliphatic hydroxyl groups excluding tert-OH is 1. The summed E-state index contributed by atoms with van der Waals surface area (Å²) in [6.07, 6.45) is 52.2. The molecule has 2 rings (SSSR count). The van der Waals surface area contributed by atoms with Crippen LogP contribution in [0.1, 0.15) is 256 Å². The monoisotopic (exact) mass is 864 g/mol. The first-order chi connectivity index (χ1) is 30.0. The van der Waals surface area contributed by atoms with Gasteiger partial charge in [-0.15, -0.1) is 0 Å². The fourth-order valence-corrected chi connectivity index (χ4v) is 10.1. The van der Waals surface area contributed by atoms with Crippen molar-refractivity contribution in [3.63, 3.8) is 0 Å². The lowest BCUT2D eigenvalue weighted by Gasteiger charge is -2.25. The molecule has 0 saturated carbocycles. The molecule has 0 saturated heterocycles. The van der Waals surface area contributed by atoms with Crippen LogP contribution in [0.25, 0.3) is 12.2 Å². The summed E-state index contributed by atoms with van der Waals surface area (Å²) in [7, 11) is -3.28. The van der Waals surface area contributed by atoms with E-state index in [9.17, 15) is 8.42 Å². The van der Waals surface area contributed by atoms with Gasteiger partial charge in [0, 0.05) is 25.4 Å². The van der Waals surface area contributed by atoms with Crippen molar-refractivity contribution in [2.75, 3.05) is 30.3 Å². The van der Waals surface area contributed by atoms with E-state index >= 15 is 0 Å². The fraction of sp³-hybridized carbons (Fsp3) is 0.750. The van der Waals surface area contributed by atoms with E-state index in [0.717, 1.165) is 43.5 Å². The summed E-state index contributed by atoms with van der Waals surface area (Å²) in [4.78, 5) is 3.04. The summed E-state index contributed by atoms with van der Waals surface area (Å²) in [5.41, 5.74) is 3.50. The molecule has 0 amide bonds. The Kier molecular flexibility index (Phi) is 35.6. The lowest BCUT2D eigenvalue weighted by molar-refractivity contribution is 0.283. The summed E-state index contributed by atoms with van der Waals surface area (Å²) in [5, 5.41) is 8.95. The molecule has 0 heterocycles. The Morgan fingerprint density at radius 3 is 1.03 bits per heavy atom. The van der Waals surface area contributed by atoms with E-state index in [2.05, 4.69) is 55.2 Å². The third-order valence-electron chi connectivity index (χ3n) is 12.9. The standard InChI is InChI=1S/C56H97NO3S/c1-3-5-7-9-11-13-15-17-19-21-23-25-27-29-31-35-49-57(50-36-32-30-28-26-24-22-20-18-16-14-12-10-8-6-4-2)55-45-41-53(42-46-55)39-40-54-43-47-56(48-44-54)61(59,60)52-38-34-33-37-51-58/h39-48,58H,3-38,49-52H2,1-2H3. The quantitative estimate of drug-likeness (QED) is 0.0533. The predicted molar refractivity (Wildman–Crippen MR) is 271 cm³/mol. The van der Waals surface area contributed by atoms with Crippen molar-refractivity contribution in [1.82, 2.24) is 0 Å². The van der Waals surface area contributed by atoms with Crippen LogP contribution in [0.2, 0.25) is 0 Å². The molecule has 0 aliphatic rings. The second kappa shape index (κ2) is 39.5. The van der Waals surface area contributed by atoms with Gasteiger partial charge in [0.15, 0.2) is 9.84 Å². The van der Waals surface area contributed by atoms with Crippen molar-refractivity contribution in [2.45, 2.75) is 250 Å². The molecule has 5 heteroatoms. The van der Waals surface area contributed by atoms with E-state index in [0.29, 0.717) is 11.3 Å². The zero-order chi connectivity index (χ0) is 43.7. The maximum absolute atomic E-state index is 12.8. The summed E-state index contributed by atoms with van der Waals surface area (Å²) >= 11 is 0. The van der Waals surface area contributed by atoms with E-state index in [1.54, 1.807) is 12.1 Å². The van der Waals surface area contributed by atoms with Crippen LogP contribution in [0, 0.1) is 0 Å². The topological polar surface area (TPSA) is 57.6 Å². The highest BCUT2D eigenvalue weighted by atomic mass is 32.2. The molecule has 0 aliphatic heterocycles. The third-order valence-corrected chi connectivity index (χ3v) is 14.7. The number of rotatable bonds is 44. The molecule has 350 valence electrons. The molecule has 61 heavy (non-hydrogen) atoms. The van der Waals surface area contributed by atoms with Gasteiger partial charge in [0.1, 0.15) is 0 Å². The second-order valence-corrected chi connectivity index (χ2v) is 20.7. The van der Waals surface area contributed by atoms with Gasteiger partial charge >= 0.3 is 0 Å². The van der Waals surface area contributed by atoms with E-state index in [-0.39, 0.29) is 12.4 Å². The van der Waals surface area contributed by atoms with Crippen LogP contribution in [0.3, 0.4) is 0 Å². The van der Waals surface area contributed by atoms with Gasteiger partial charge in [-0.25, -0.2) is 8.42 Å². The molecule has 0 fully saturated rings.